The Balaban J connectivity index is 1.45. The molecule has 0 spiro atoms. The molecule has 0 bridgehead atoms. The molecular weight excluding hydrogens is 450 g/mol. The summed E-state index contributed by atoms with van der Waals surface area (Å²) in [7, 11) is 0. The predicted molar refractivity (Wildman–Crippen MR) is 129 cm³/mol. The lowest BCUT2D eigenvalue weighted by atomic mass is 9.85. The fourth-order valence-corrected chi connectivity index (χ4v) is 4.08. The second-order valence-electron chi connectivity index (χ2n) is 9.56. The Morgan fingerprint density at radius 3 is 2.37 bits per heavy atom. The van der Waals surface area contributed by atoms with Crippen LogP contribution in [-0.2, 0) is 14.3 Å². The maximum absolute atomic E-state index is 12.9. The molecule has 4 rings (SSSR count). The maximum atomic E-state index is 12.9. The highest BCUT2D eigenvalue weighted by molar-refractivity contribution is 6.23. The second-order valence-corrected chi connectivity index (χ2v) is 9.56. The summed E-state index contributed by atoms with van der Waals surface area (Å²) in [5, 5.41) is 16.3. The number of carbonyl (C=O) groups is 3. The van der Waals surface area contributed by atoms with Gasteiger partial charge in [0.2, 0.25) is 0 Å². The zero-order chi connectivity index (χ0) is 25.2. The average Bonchev–Trinajstić information content (AvgIpc) is 2.80. The van der Waals surface area contributed by atoms with Crippen LogP contribution < -0.4 is 15.4 Å². The second kappa shape index (κ2) is 9.69. The number of amides is 3. The number of carbonyl (C=O) groups excluding carboxylic acids is 3. The molecule has 2 unspecified atom stereocenters. The number of para-hydroxylation sites is 1. The van der Waals surface area contributed by atoms with Gasteiger partial charge in [0.15, 0.2) is 0 Å². The number of nitrogens with zero attached hydrogens (tertiary/aromatic N) is 1. The zero-order valence-electron chi connectivity index (χ0n) is 19.9. The van der Waals surface area contributed by atoms with Gasteiger partial charge in [-0.3, -0.25) is 9.59 Å². The molecule has 9 nitrogen and oxygen atoms in total. The van der Waals surface area contributed by atoms with Crippen LogP contribution >= 0.6 is 0 Å². The molecule has 35 heavy (non-hydrogen) atoms. The lowest BCUT2D eigenvalue weighted by Crippen LogP contribution is -2.57. The largest absolute Gasteiger partial charge is 0.511 e. The fraction of sp³-hybridized carbons (Fsp3) is 0.346. The van der Waals surface area contributed by atoms with Gasteiger partial charge in [-0.2, -0.15) is 0 Å². The van der Waals surface area contributed by atoms with Crippen LogP contribution in [0.5, 0.6) is 11.5 Å². The molecule has 2 aliphatic heterocycles. The van der Waals surface area contributed by atoms with Crippen molar-refractivity contribution in [2.75, 3.05) is 18.4 Å². The van der Waals surface area contributed by atoms with Crippen LogP contribution in [0.2, 0.25) is 0 Å². The highest BCUT2D eigenvalue weighted by Crippen LogP contribution is 2.30. The Morgan fingerprint density at radius 2 is 1.71 bits per heavy atom. The summed E-state index contributed by atoms with van der Waals surface area (Å²) in [6.45, 7) is 5.84. The van der Waals surface area contributed by atoms with E-state index in [0.717, 1.165) is 0 Å². The summed E-state index contributed by atoms with van der Waals surface area (Å²) in [6, 6.07) is 15.6. The number of piperidine rings is 1. The third kappa shape index (κ3) is 5.74. The number of rotatable bonds is 4. The molecule has 1 saturated heterocycles. The van der Waals surface area contributed by atoms with Crippen LogP contribution in [0.4, 0.5) is 10.5 Å². The van der Waals surface area contributed by atoms with Gasteiger partial charge in [0, 0.05) is 24.8 Å². The maximum Gasteiger partial charge on any atom is 0.410 e. The Morgan fingerprint density at radius 1 is 1.06 bits per heavy atom. The molecule has 3 amide bonds. The van der Waals surface area contributed by atoms with Crippen molar-refractivity contribution in [3.63, 3.8) is 0 Å². The van der Waals surface area contributed by atoms with E-state index >= 15 is 0 Å². The number of benzene rings is 2. The van der Waals surface area contributed by atoms with Crippen LogP contribution in [0, 0.1) is 5.92 Å². The molecule has 184 valence electrons. The highest BCUT2D eigenvalue weighted by Gasteiger charge is 2.43. The summed E-state index contributed by atoms with van der Waals surface area (Å²) in [4.78, 5) is 39.5. The third-order valence-corrected chi connectivity index (χ3v) is 5.73. The number of hydrogen-bond donors (Lipinski definition) is 3. The average molecular weight is 480 g/mol. The van der Waals surface area contributed by atoms with Gasteiger partial charge in [0.1, 0.15) is 28.4 Å². The monoisotopic (exact) mass is 479 g/mol. The van der Waals surface area contributed by atoms with E-state index in [0.29, 0.717) is 30.2 Å². The third-order valence-electron chi connectivity index (χ3n) is 5.73. The van der Waals surface area contributed by atoms with Gasteiger partial charge in [-0.15, -0.1) is 0 Å². The molecule has 2 aromatic rings. The number of hydrogen-bond acceptors (Lipinski definition) is 6. The van der Waals surface area contributed by atoms with Crippen LogP contribution in [-0.4, -0.2) is 52.6 Å². The Hall–Kier alpha value is -4.01. The smallest absolute Gasteiger partial charge is 0.410 e. The van der Waals surface area contributed by atoms with E-state index in [2.05, 4.69) is 10.6 Å². The van der Waals surface area contributed by atoms with E-state index in [9.17, 15) is 19.5 Å². The lowest BCUT2D eigenvalue weighted by molar-refractivity contribution is -0.124. The first-order valence-corrected chi connectivity index (χ1v) is 11.5. The van der Waals surface area contributed by atoms with Crippen LogP contribution in [0.3, 0.4) is 0 Å². The standard InChI is InChI=1S/C26H29N3O6/c1-26(2,3)35-25(33)29-14-13-20-19(15-29)22(30)21(24(32)28-20)23(31)27-16-9-11-18(12-10-16)34-17-7-5-4-6-8-17/h4-12,19-20,30H,13-15H2,1-3H3,(H,27,31)(H,28,32). The van der Waals surface area contributed by atoms with Gasteiger partial charge < -0.3 is 30.1 Å². The molecule has 0 aromatic heterocycles. The topological polar surface area (TPSA) is 117 Å². The number of aliphatic hydroxyl groups excluding tert-OH is 1. The SMILES string of the molecule is CC(C)(C)OC(=O)N1CCC2NC(=O)C(C(=O)Nc3ccc(Oc4ccccc4)cc3)=C(O)C2C1. The van der Waals surface area contributed by atoms with Gasteiger partial charge in [-0.1, -0.05) is 18.2 Å². The molecule has 0 saturated carbocycles. The first kappa shape index (κ1) is 24.1. The van der Waals surface area contributed by atoms with Crippen molar-refractivity contribution in [3.05, 3.63) is 65.9 Å². The van der Waals surface area contributed by atoms with Gasteiger partial charge in [0.05, 0.1) is 5.92 Å². The number of anilines is 1. The van der Waals surface area contributed by atoms with E-state index < -0.39 is 29.4 Å². The van der Waals surface area contributed by atoms with E-state index in [4.69, 9.17) is 9.47 Å². The Kier molecular flexibility index (Phi) is 6.68. The predicted octanol–water partition coefficient (Wildman–Crippen LogP) is 3.98. The molecule has 0 aliphatic carbocycles. The summed E-state index contributed by atoms with van der Waals surface area (Å²) in [5.41, 5.74) is -0.578. The molecule has 2 aromatic carbocycles. The van der Waals surface area contributed by atoms with Crippen molar-refractivity contribution in [1.82, 2.24) is 10.2 Å². The van der Waals surface area contributed by atoms with Crippen molar-refractivity contribution >= 4 is 23.6 Å². The number of likely N-dealkylation sites (tertiary alicyclic amines) is 1. The van der Waals surface area contributed by atoms with Crippen molar-refractivity contribution in [1.29, 1.82) is 0 Å². The summed E-state index contributed by atoms with van der Waals surface area (Å²) >= 11 is 0. The zero-order valence-corrected chi connectivity index (χ0v) is 19.9. The molecule has 2 aliphatic rings. The van der Waals surface area contributed by atoms with Crippen molar-refractivity contribution < 1.29 is 29.0 Å². The van der Waals surface area contributed by atoms with Crippen LogP contribution in [0.25, 0.3) is 0 Å². The fourth-order valence-electron chi connectivity index (χ4n) is 4.08. The first-order valence-electron chi connectivity index (χ1n) is 11.5. The van der Waals surface area contributed by atoms with Crippen LogP contribution in [0.15, 0.2) is 65.9 Å². The van der Waals surface area contributed by atoms with Gasteiger partial charge in [0.25, 0.3) is 11.8 Å². The molecular formula is C26H29N3O6. The number of fused-ring (bicyclic) bond motifs is 1. The summed E-state index contributed by atoms with van der Waals surface area (Å²) < 4.78 is 11.2. The van der Waals surface area contributed by atoms with Gasteiger partial charge in [-0.25, -0.2) is 4.79 Å². The van der Waals surface area contributed by atoms with Gasteiger partial charge >= 0.3 is 6.09 Å². The van der Waals surface area contributed by atoms with Crippen molar-refractivity contribution in [2.24, 2.45) is 5.92 Å². The highest BCUT2D eigenvalue weighted by atomic mass is 16.6. The normalized spacial score (nSPS) is 20.0. The molecule has 0 radical (unpaired) electrons. The van der Waals surface area contributed by atoms with Crippen molar-refractivity contribution in [2.45, 2.75) is 38.8 Å². The lowest BCUT2D eigenvalue weighted by Gasteiger charge is -2.41. The molecule has 1 fully saturated rings. The minimum Gasteiger partial charge on any atom is -0.511 e. The molecule has 3 N–H and O–H groups in total. The summed E-state index contributed by atoms with van der Waals surface area (Å²) in [6.07, 6.45) is -0.0539. The van der Waals surface area contributed by atoms with E-state index in [1.54, 1.807) is 45.0 Å². The van der Waals surface area contributed by atoms with Crippen molar-refractivity contribution in [3.8, 4) is 11.5 Å². The molecule has 9 heteroatoms. The van der Waals surface area contributed by atoms with E-state index in [1.165, 1.54) is 4.90 Å². The number of aliphatic hydroxyl groups is 1. The van der Waals surface area contributed by atoms with Crippen LogP contribution in [0.1, 0.15) is 27.2 Å². The Bertz CT molecular complexity index is 1140. The van der Waals surface area contributed by atoms with Gasteiger partial charge in [-0.05, 0) is 63.6 Å². The minimum absolute atomic E-state index is 0.133. The van der Waals surface area contributed by atoms with E-state index in [-0.39, 0.29) is 23.9 Å². The number of ether oxygens (including phenoxy) is 2. The summed E-state index contributed by atoms with van der Waals surface area (Å²) in [5.74, 6) is -1.04. The number of nitrogens with one attached hydrogen (secondary N) is 2. The quantitative estimate of drug-likeness (QED) is 0.571. The first-order chi connectivity index (χ1) is 16.6. The van der Waals surface area contributed by atoms with E-state index in [1.807, 2.05) is 30.3 Å². The minimum atomic E-state index is -0.732. The molecule has 2 heterocycles. The Labute approximate surface area is 203 Å². The molecule has 2 atom stereocenters.